The Bertz CT molecular complexity index is 608. The van der Waals surface area contributed by atoms with Crippen LogP contribution in [0.3, 0.4) is 0 Å². The van der Waals surface area contributed by atoms with Crippen molar-refractivity contribution in [3.8, 4) is 0 Å². The van der Waals surface area contributed by atoms with E-state index in [4.69, 9.17) is 9.84 Å². The van der Waals surface area contributed by atoms with E-state index in [0.29, 0.717) is 25.1 Å². The fraction of sp³-hybridized carbons (Fsp3) is 0.471. The molecule has 2 unspecified atom stereocenters. The number of para-hydroxylation sites is 1. The SMILES string of the molecule is COCC(NC(=O)C1CCCN(C(=O)Nc2ccccc2)C1)C(=O)O. The fourth-order valence-electron chi connectivity index (χ4n) is 2.73. The lowest BCUT2D eigenvalue weighted by Gasteiger charge is -2.32. The van der Waals surface area contributed by atoms with Gasteiger partial charge in [0.1, 0.15) is 0 Å². The molecule has 3 amide bonds. The van der Waals surface area contributed by atoms with Crippen LogP contribution in [0.15, 0.2) is 30.3 Å². The molecule has 8 nitrogen and oxygen atoms in total. The number of ether oxygens (including phenoxy) is 1. The molecule has 1 saturated heterocycles. The Hall–Kier alpha value is -2.61. The normalized spacial score (nSPS) is 18.3. The first kappa shape index (κ1) is 18.7. The highest BCUT2D eigenvalue weighted by Crippen LogP contribution is 2.18. The summed E-state index contributed by atoms with van der Waals surface area (Å²) in [5.74, 6) is -1.96. The van der Waals surface area contributed by atoms with Crippen LogP contribution in [0.2, 0.25) is 0 Å². The molecule has 0 aliphatic carbocycles. The lowest BCUT2D eigenvalue weighted by Crippen LogP contribution is -2.51. The van der Waals surface area contributed by atoms with Gasteiger partial charge < -0.3 is 25.4 Å². The smallest absolute Gasteiger partial charge is 0.328 e. The molecular formula is C17H23N3O5. The van der Waals surface area contributed by atoms with E-state index in [0.717, 1.165) is 0 Å². The second-order valence-corrected chi connectivity index (χ2v) is 5.94. The number of nitrogens with zero attached hydrogens (tertiary/aromatic N) is 1. The maximum Gasteiger partial charge on any atom is 0.328 e. The lowest BCUT2D eigenvalue weighted by atomic mass is 9.97. The van der Waals surface area contributed by atoms with Gasteiger partial charge in [0.25, 0.3) is 0 Å². The maximum absolute atomic E-state index is 12.3. The van der Waals surface area contributed by atoms with E-state index in [1.165, 1.54) is 7.11 Å². The Kier molecular flexibility index (Phi) is 6.76. The number of nitrogens with one attached hydrogen (secondary N) is 2. The Morgan fingerprint density at radius 3 is 2.68 bits per heavy atom. The molecule has 1 aliphatic heterocycles. The lowest BCUT2D eigenvalue weighted by molar-refractivity contribution is -0.144. The third-order valence-electron chi connectivity index (χ3n) is 4.05. The van der Waals surface area contributed by atoms with Crippen molar-refractivity contribution in [1.82, 2.24) is 10.2 Å². The molecule has 8 heteroatoms. The molecule has 0 bridgehead atoms. The summed E-state index contributed by atoms with van der Waals surface area (Å²) in [6.45, 7) is 0.707. The van der Waals surface area contributed by atoms with Gasteiger partial charge in [-0.1, -0.05) is 18.2 Å². The quantitative estimate of drug-likeness (QED) is 0.714. The summed E-state index contributed by atoms with van der Waals surface area (Å²) in [6.07, 6.45) is 1.29. The number of aliphatic carboxylic acids is 1. The molecule has 2 rings (SSSR count). The van der Waals surface area contributed by atoms with Crippen molar-refractivity contribution >= 4 is 23.6 Å². The number of carboxylic acids is 1. The van der Waals surface area contributed by atoms with E-state index < -0.39 is 17.9 Å². The van der Waals surface area contributed by atoms with Crippen LogP contribution in [0.25, 0.3) is 0 Å². The molecule has 0 aromatic heterocycles. The largest absolute Gasteiger partial charge is 0.480 e. The van der Waals surface area contributed by atoms with Crippen LogP contribution in [0, 0.1) is 5.92 Å². The predicted octanol–water partition coefficient (Wildman–Crippen LogP) is 1.15. The predicted molar refractivity (Wildman–Crippen MR) is 91.2 cm³/mol. The van der Waals surface area contributed by atoms with Gasteiger partial charge in [0.2, 0.25) is 5.91 Å². The molecule has 0 radical (unpaired) electrons. The minimum Gasteiger partial charge on any atom is -0.480 e. The summed E-state index contributed by atoms with van der Waals surface area (Å²) in [5, 5.41) is 14.4. The minimum atomic E-state index is -1.15. The fourth-order valence-corrected chi connectivity index (χ4v) is 2.73. The molecule has 1 aromatic carbocycles. The molecule has 2 atom stereocenters. The van der Waals surface area contributed by atoms with E-state index in [2.05, 4.69) is 10.6 Å². The van der Waals surface area contributed by atoms with E-state index in [1.807, 2.05) is 18.2 Å². The number of carboxylic acid groups (broad SMARTS) is 1. The van der Waals surface area contributed by atoms with Gasteiger partial charge in [-0.3, -0.25) is 4.79 Å². The Balaban J connectivity index is 1.92. The van der Waals surface area contributed by atoms with E-state index >= 15 is 0 Å². The number of urea groups is 1. The van der Waals surface area contributed by atoms with E-state index in [1.54, 1.807) is 17.0 Å². The van der Waals surface area contributed by atoms with E-state index in [-0.39, 0.29) is 25.1 Å². The van der Waals surface area contributed by atoms with Gasteiger partial charge in [0.15, 0.2) is 6.04 Å². The Morgan fingerprint density at radius 2 is 2.04 bits per heavy atom. The summed E-state index contributed by atoms with van der Waals surface area (Å²) in [7, 11) is 1.37. The van der Waals surface area contributed by atoms with Crippen LogP contribution >= 0.6 is 0 Å². The van der Waals surface area contributed by atoms with Gasteiger partial charge in [-0.05, 0) is 25.0 Å². The van der Waals surface area contributed by atoms with Crippen molar-refractivity contribution < 1.29 is 24.2 Å². The number of carbonyl (C=O) groups excluding carboxylic acids is 2. The molecule has 0 spiro atoms. The first-order valence-corrected chi connectivity index (χ1v) is 8.14. The number of carbonyl (C=O) groups is 3. The number of hydrogen-bond acceptors (Lipinski definition) is 4. The van der Waals surface area contributed by atoms with Crippen LogP contribution in [0.5, 0.6) is 0 Å². The first-order valence-electron chi connectivity index (χ1n) is 8.14. The minimum absolute atomic E-state index is 0.105. The van der Waals surface area contributed by atoms with Gasteiger partial charge in [-0.25, -0.2) is 9.59 Å². The number of benzene rings is 1. The zero-order valence-corrected chi connectivity index (χ0v) is 14.1. The van der Waals surface area contributed by atoms with Gasteiger partial charge in [0, 0.05) is 25.9 Å². The van der Waals surface area contributed by atoms with Crippen molar-refractivity contribution in [2.45, 2.75) is 18.9 Å². The van der Waals surface area contributed by atoms with Crippen LogP contribution in [0.1, 0.15) is 12.8 Å². The molecule has 3 N–H and O–H groups in total. The topological polar surface area (TPSA) is 108 Å². The first-order chi connectivity index (χ1) is 12.0. The van der Waals surface area contributed by atoms with Gasteiger partial charge >= 0.3 is 12.0 Å². The second kappa shape index (κ2) is 9.03. The number of piperidine rings is 1. The summed E-state index contributed by atoms with van der Waals surface area (Å²) in [5.41, 5.74) is 0.685. The molecule has 25 heavy (non-hydrogen) atoms. The number of hydrogen-bond donors (Lipinski definition) is 3. The van der Waals surface area contributed by atoms with Gasteiger partial charge in [-0.15, -0.1) is 0 Å². The number of rotatable bonds is 6. The highest BCUT2D eigenvalue weighted by Gasteiger charge is 2.31. The Morgan fingerprint density at radius 1 is 1.32 bits per heavy atom. The summed E-state index contributed by atoms with van der Waals surface area (Å²) >= 11 is 0. The average Bonchev–Trinajstić information content (AvgIpc) is 2.62. The molecule has 136 valence electrons. The maximum atomic E-state index is 12.3. The monoisotopic (exact) mass is 349 g/mol. The van der Waals surface area contributed by atoms with Crippen molar-refractivity contribution in [2.24, 2.45) is 5.92 Å². The standard InChI is InChI=1S/C17H23N3O5/c1-25-11-14(16(22)23)19-15(21)12-6-5-9-20(10-12)17(24)18-13-7-3-2-4-8-13/h2-4,7-8,12,14H,5-6,9-11H2,1H3,(H,18,24)(H,19,21)(H,22,23). The number of likely N-dealkylation sites (tertiary alicyclic amines) is 1. The number of methoxy groups -OCH3 is 1. The summed E-state index contributed by atoms with van der Waals surface area (Å²) < 4.78 is 4.81. The number of amides is 3. The van der Waals surface area contributed by atoms with Crippen molar-refractivity contribution in [1.29, 1.82) is 0 Å². The molecule has 1 aromatic rings. The zero-order chi connectivity index (χ0) is 18.2. The van der Waals surface area contributed by atoms with Gasteiger partial charge in [-0.2, -0.15) is 0 Å². The molecule has 1 fully saturated rings. The van der Waals surface area contributed by atoms with E-state index in [9.17, 15) is 14.4 Å². The molecule has 0 saturated carbocycles. The second-order valence-electron chi connectivity index (χ2n) is 5.94. The van der Waals surface area contributed by atoms with Crippen LogP contribution in [-0.4, -0.2) is 60.8 Å². The highest BCUT2D eigenvalue weighted by atomic mass is 16.5. The molecular weight excluding hydrogens is 326 g/mol. The molecule has 1 aliphatic rings. The molecule has 1 heterocycles. The van der Waals surface area contributed by atoms with Crippen LogP contribution in [-0.2, 0) is 14.3 Å². The zero-order valence-electron chi connectivity index (χ0n) is 14.1. The van der Waals surface area contributed by atoms with Crippen LogP contribution < -0.4 is 10.6 Å². The summed E-state index contributed by atoms with van der Waals surface area (Å²) in [6, 6.07) is 7.72. The Labute approximate surface area is 146 Å². The van der Waals surface area contributed by atoms with Crippen molar-refractivity contribution in [2.75, 3.05) is 32.1 Å². The van der Waals surface area contributed by atoms with Crippen molar-refractivity contribution in [3.05, 3.63) is 30.3 Å². The number of anilines is 1. The highest BCUT2D eigenvalue weighted by molar-refractivity contribution is 5.90. The third kappa shape index (κ3) is 5.46. The van der Waals surface area contributed by atoms with Crippen LogP contribution in [0.4, 0.5) is 10.5 Å². The third-order valence-corrected chi connectivity index (χ3v) is 4.05. The van der Waals surface area contributed by atoms with Gasteiger partial charge in [0.05, 0.1) is 12.5 Å². The summed E-state index contributed by atoms with van der Waals surface area (Å²) in [4.78, 5) is 37.4. The average molecular weight is 349 g/mol. The van der Waals surface area contributed by atoms with Crippen molar-refractivity contribution in [3.63, 3.8) is 0 Å².